The Morgan fingerprint density at radius 2 is 2.33 bits per heavy atom. The Bertz CT molecular complexity index is 516. The summed E-state index contributed by atoms with van der Waals surface area (Å²) in [6, 6.07) is 0.379. The summed E-state index contributed by atoms with van der Waals surface area (Å²) in [5.41, 5.74) is 0.546. The number of nitrogens with zero attached hydrogens (tertiary/aromatic N) is 4. The fourth-order valence-corrected chi connectivity index (χ4v) is 3.00. The maximum Gasteiger partial charge on any atom is 0.343 e. The Morgan fingerprint density at radius 1 is 1.48 bits per heavy atom. The molecular weight excluding hydrogens is 272 g/mol. The normalized spacial score (nSPS) is 23.0. The summed E-state index contributed by atoms with van der Waals surface area (Å²) in [6.07, 6.45) is 1.73. The van der Waals surface area contributed by atoms with E-state index >= 15 is 0 Å². The van der Waals surface area contributed by atoms with Crippen LogP contribution in [0.25, 0.3) is 0 Å². The van der Waals surface area contributed by atoms with Gasteiger partial charge in [0.15, 0.2) is 5.82 Å². The molecule has 1 aromatic heterocycles. The molecule has 0 N–H and O–H groups in total. The summed E-state index contributed by atoms with van der Waals surface area (Å²) in [4.78, 5) is 16.7. The van der Waals surface area contributed by atoms with Crippen LogP contribution in [0.3, 0.4) is 0 Å². The predicted octanol–water partition coefficient (Wildman–Crippen LogP) is 0.118. The third-order valence-corrected chi connectivity index (χ3v) is 4.04. The standard InChI is InChI=1S/C14H22N4O3/c1-3-21-14(19)12-9-16(2)15-13(12)18-5-4-17-6-7-20-10-11(17)8-18/h9,11H,3-8,10H2,1-2H3/t11-/m0/s1. The van der Waals surface area contributed by atoms with Gasteiger partial charge >= 0.3 is 5.97 Å². The van der Waals surface area contributed by atoms with Gasteiger partial charge in [-0.05, 0) is 6.92 Å². The molecule has 2 aliphatic heterocycles. The first kappa shape index (κ1) is 14.3. The maximum absolute atomic E-state index is 12.1. The minimum atomic E-state index is -0.303. The minimum absolute atomic E-state index is 0.303. The summed E-state index contributed by atoms with van der Waals surface area (Å²) in [7, 11) is 1.83. The van der Waals surface area contributed by atoms with Gasteiger partial charge in [-0.15, -0.1) is 0 Å². The molecule has 0 saturated carbocycles. The number of carbonyl (C=O) groups excluding carboxylic acids is 1. The number of fused-ring (bicyclic) bond motifs is 1. The van der Waals surface area contributed by atoms with Gasteiger partial charge in [-0.1, -0.05) is 0 Å². The SMILES string of the molecule is CCOC(=O)c1cn(C)nc1N1CCN2CCOC[C@@H]2C1. The first-order valence-electron chi connectivity index (χ1n) is 7.46. The van der Waals surface area contributed by atoms with Crippen LogP contribution in [0.5, 0.6) is 0 Å². The van der Waals surface area contributed by atoms with Gasteiger partial charge in [-0.25, -0.2) is 4.79 Å². The van der Waals surface area contributed by atoms with Crippen molar-refractivity contribution in [2.75, 3.05) is 50.9 Å². The van der Waals surface area contributed by atoms with E-state index in [1.165, 1.54) is 0 Å². The molecule has 2 saturated heterocycles. The van der Waals surface area contributed by atoms with Gasteiger partial charge in [0.05, 0.1) is 25.9 Å². The lowest BCUT2D eigenvalue weighted by molar-refractivity contribution is -0.0118. The molecule has 3 rings (SSSR count). The Hall–Kier alpha value is -1.60. The summed E-state index contributed by atoms with van der Waals surface area (Å²) in [5, 5.41) is 4.46. The molecule has 3 heterocycles. The lowest BCUT2D eigenvalue weighted by Gasteiger charge is -2.43. The van der Waals surface area contributed by atoms with Crippen LogP contribution >= 0.6 is 0 Å². The van der Waals surface area contributed by atoms with E-state index in [-0.39, 0.29) is 5.97 Å². The van der Waals surface area contributed by atoms with Crippen LogP contribution in [0.4, 0.5) is 5.82 Å². The van der Waals surface area contributed by atoms with E-state index in [2.05, 4.69) is 14.9 Å². The molecule has 21 heavy (non-hydrogen) atoms. The number of hydrogen-bond donors (Lipinski definition) is 0. The van der Waals surface area contributed by atoms with E-state index in [4.69, 9.17) is 9.47 Å². The van der Waals surface area contributed by atoms with Crippen LogP contribution in [0.2, 0.25) is 0 Å². The third kappa shape index (κ3) is 2.89. The Kier molecular flexibility index (Phi) is 4.12. The van der Waals surface area contributed by atoms with Gasteiger partial charge < -0.3 is 14.4 Å². The minimum Gasteiger partial charge on any atom is -0.462 e. The van der Waals surface area contributed by atoms with E-state index in [1.807, 2.05) is 14.0 Å². The number of anilines is 1. The zero-order chi connectivity index (χ0) is 14.8. The van der Waals surface area contributed by atoms with Crippen molar-refractivity contribution in [2.45, 2.75) is 13.0 Å². The van der Waals surface area contributed by atoms with Crippen LogP contribution < -0.4 is 4.90 Å². The van der Waals surface area contributed by atoms with Crippen LogP contribution in [-0.4, -0.2) is 72.7 Å². The lowest BCUT2D eigenvalue weighted by atomic mass is 10.1. The van der Waals surface area contributed by atoms with Crippen molar-refractivity contribution < 1.29 is 14.3 Å². The summed E-state index contributed by atoms with van der Waals surface area (Å²) in [6.45, 7) is 7.43. The molecule has 0 spiro atoms. The molecule has 0 radical (unpaired) electrons. The molecule has 1 aromatic rings. The first-order valence-corrected chi connectivity index (χ1v) is 7.46. The van der Waals surface area contributed by atoms with Crippen LogP contribution in [0.1, 0.15) is 17.3 Å². The second-order valence-electron chi connectivity index (χ2n) is 5.47. The average Bonchev–Trinajstić information content (AvgIpc) is 2.89. The zero-order valence-corrected chi connectivity index (χ0v) is 12.6. The number of carbonyl (C=O) groups is 1. The van der Waals surface area contributed by atoms with E-state index in [0.29, 0.717) is 18.2 Å². The molecule has 2 fully saturated rings. The van der Waals surface area contributed by atoms with E-state index in [9.17, 15) is 4.79 Å². The largest absolute Gasteiger partial charge is 0.462 e. The highest BCUT2D eigenvalue weighted by Crippen LogP contribution is 2.23. The molecule has 2 aliphatic rings. The molecule has 7 heteroatoms. The van der Waals surface area contributed by atoms with Crippen LogP contribution in [0.15, 0.2) is 6.20 Å². The van der Waals surface area contributed by atoms with Gasteiger partial charge in [0.25, 0.3) is 0 Å². The third-order valence-electron chi connectivity index (χ3n) is 4.04. The number of esters is 1. The molecule has 0 bridgehead atoms. The van der Waals surface area contributed by atoms with E-state index < -0.39 is 0 Å². The van der Waals surface area contributed by atoms with Crippen molar-refractivity contribution >= 4 is 11.8 Å². The number of ether oxygens (including phenoxy) is 2. The van der Waals surface area contributed by atoms with Gasteiger partial charge in [0, 0.05) is 39.4 Å². The number of aryl methyl sites for hydroxylation is 1. The van der Waals surface area contributed by atoms with Gasteiger partial charge in [0.1, 0.15) is 5.56 Å². The number of hydrogen-bond acceptors (Lipinski definition) is 6. The number of rotatable bonds is 3. The number of piperazine rings is 1. The Balaban J connectivity index is 1.78. The second-order valence-corrected chi connectivity index (χ2v) is 5.47. The lowest BCUT2D eigenvalue weighted by Crippen LogP contribution is -2.58. The fraction of sp³-hybridized carbons (Fsp3) is 0.714. The quantitative estimate of drug-likeness (QED) is 0.738. The molecule has 0 aromatic carbocycles. The van der Waals surface area contributed by atoms with E-state index in [0.717, 1.165) is 45.2 Å². The highest BCUT2D eigenvalue weighted by Gasteiger charge is 2.32. The van der Waals surface area contributed by atoms with Gasteiger partial charge in [0.2, 0.25) is 0 Å². The molecule has 0 unspecified atom stereocenters. The second kappa shape index (κ2) is 6.03. The first-order chi connectivity index (χ1) is 10.2. The van der Waals surface area contributed by atoms with Crippen LogP contribution in [-0.2, 0) is 16.5 Å². The number of aromatic nitrogens is 2. The van der Waals surface area contributed by atoms with Crippen LogP contribution in [0, 0.1) is 0 Å². The fourth-order valence-electron chi connectivity index (χ4n) is 3.00. The molecule has 116 valence electrons. The topological polar surface area (TPSA) is 59.8 Å². The van der Waals surface area contributed by atoms with Crippen molar-refractivity contribution in [3.8, 4) is 0 Å². The van der Waals surface area contributed by atoms with Gasteiger partial charge in [-0.2, -0.15) is 5.10 Å². The summed E-state index contributed by atoms with van der Waals surface area (Å²) >= 11 is 0. The smallest absolute Gasteiger partial charge is 0.343 e. The summed E-state index contributed by atoms with van der Waals surface area (Å²) < 4.78 is 12.4. The summed E-state index contributed by atoms with van der Waals surface area (Å²) in [5.74, 6) is 0.420. The highest BCUT2D eigenvalue weighted by atomic mass is 16.5. The maximum atomic E-state index is 12.1. The van der Waals surface area contributed by atoms with Crippen molar-refractivity contribution in [3.05, 3.63) is 11.8 Å². The Labute approximate surface area is 124 Å². The van der Waals surface area contributed by atoms with Crippen molar-refractivity contribution in [2.24, 2.45) is 7.05 Å². The van der Waals surface area contributed by atoms with Crippen molar-refractivity contribution in [3.63, 3.8) is 0 Å². The average molecular weight is 294 g/mol. The molecule has 0 amide bonds. The zero-order valence-electron chi connectivity index (χ0n) is 12.6. The number of morpholine rings is 1. The monoisotopic (exact) mass is 294 g/mol. The van der Waals surface area contributed by atoms with Crippen molar-refractivity contribution in [1.29, 1.82) is 0 Å². The molecule has 7 nitrogen and oxygen atoms in total. The van der Waals surface area contributed by atoms with Gasteiger partial charge in [-0.3, -0.25) is 9.58 Å². The predicted molar refractivity (Wildman–Crippen MR) is 77.6 cm³/mol. The molecule has 0 aliphatic carbocycles. The molecule has 1 atom stereocenters. The van der Waals surface area contributed by atoms with Crippen molar-refractivity contribution in [1.82, 2.24) is 14.7 Å². The molecular formula is C14H22N4O3. The Morgan fingerprint density at radius 3 is 3.14 bits per heavy atom. The van der Waals surface area contributed by atoms with E-state index in [1.54, 1.807) is 10.9 Å². The highest BCUT2D eigenvalue weighted by molar-refractivity contribution is 5.94.